The Balaban J connectivity index is 2.25. The molecule has 1 saturated carbocycles. The van der Waals surface area contributed by atoms with Crippen LogP contribution in [0.5, 0.6) is 0 Å². The fraction of sp³-hybridized carbons (Fsp3) is 0.500. The molecule has 1 aromatic rings. The average Bonchev–Trinajstić information content (AvgIpc) is 2.23. The van der Waals surface area contributed by atoms with Gasteiger partial charge < -0.3 is 5.73 Å². The first-order chi connectivity index (χ1) is 8.03. The molecule has 2 rings (SSSR count). The zero-order valence-corrected chi connectivity index (χ0v) is 10.8. The van der Waals surface area contributed by atoms with Crippen molar-refractivity contribution in [3.05, 3.63) is 29.3 Å². The summed E-state index contributed by atoms with van der Waals surface area (Å²) < 4.78 is 27.0. The molecule has 1 aromatic carbocycles. The van der Waals surface area contributed by atoms with E-state index >= 15 is 0 Å². The maximum Gasteiger partial charge on any atom is 0.241 e. The minimum atomic E-state index is -3.37. The third-order valence-electron chi connectivity index (χ3n) is 3.19. The second kappa shape index (κ2) is 4.76. The smallest absolute Gasteiger partial charge is 0.241 e. The largest absolute Gasteiger partial charge is 0.326 e. The van der Waals surface area contributed by atoms with Gasteiger partial charge in [0, 0.05) is 12.6 Å². The normalized spacial score (nSPS) is 16.8. The van der Waals surface area contributed by atoms with E-state index in [1.165, 1.54) is 0 Å². The summed E-state index contributed by atoms with van der Waals surface area (Å²) in [6, 6.07) is 5.35. The Morgan fingerprint density at radius 3 is 2.59 bits per heavy atom. The first-order valence-corrected chi connectivity index (χ1v) is 7.33. The lowest BCUT2D eigenvalue weighted by atomic mass is 9.94. The third-order valence-corrected chi connectivity index (χ3v) is 4.87. The zero-order valence-electron chi connectivity index (χ0n) is 9.94. The fourth-order valence-electron chi connectivity index (χ4n) is 1.95. The second-order valence-electron chi connectivity index (χ2n) is 4.55. The van der Waals surface area contributed by atoms with Crippen LogP contribution in [0.25, 0.3) is 0 Å². The van der Waals surface area contributed by atoms with Crippen LogP contribution in [0.1, 0.15) is 30.4 Å². The van der Waals surface area contributed by atoms with Gasteiger partial charge in [-0.05, 0) is 37.0 Å². The van der Waals surface area contributed by atoms with Gasteiger partial charge in [0.05, 0.1) is 4.90 Å². The SMILES string of the molecule is Cc1cc(CN)ccc1S(=O)(=O)NC1CCC1. The molecule has 0 heterocycles. The Labute approximate surface area is 102 Å². The highest BCUT2D eigenvalue weighted by molar-refractivity contribution is 7.89. The van der Waals surface area contributed by atoms with Crippen LogP contribution < -0.4 is 10.5 Å². The lowest BCUT2D eigenvalue weighted by molar-refractivity contribution is 0.383. The van der Waals surface area contributed by atoms with Crippen molar-refractivity contribution in [3.8, 4) is 0 Å². The van der Waals surface area contributed by atoms with Gasteiger partial charge in [0.1, 0.15) is 0 Å². The van der Waals surface area contributed by atoms with E-state index in [1.54, 1.807) is 19.1 Å². The predicted octanol–water partition coefficient (Wildman–Crippen LogP) is 1.28. The van der Waals surface area contributed by atoms with Crippen LogP contribution in [0.3, 0.4) is 0 Å². The summed E-state index contributed by atoms with van der Waals surface area (Å²) in [6.45, 7) is 2.23. The Morgan fingerprint density at radius 2 is 2.12 bits per heavy atom. The van der Waals surface area contributed by atoms with Crippen LogP contribution in [0.4, 0.5) is 0 Å². The zero-order chi connectivity index (χ0) is 12.5. The van der Waals surface area contributed by atoms with Crippen molar-refractivity contribution in [2.75, 3.05) is 0 Å². The molecule has 0 aliphatic heterocycles. The first-order valence-electron chi connectivity index (χ1n) is 5.85. The molecule has 0 aromatic heterocycles. The van der Waals surface area contributed by atoms with Crippen molar-refractivity contribution in [1.82, 2.24) is 4.72 Å². The van der Waals surface area contributed by atoms with Crippen LogP contribution in [-0.4, -0.2) is 14.5 Å². The molecule has 0 amide bonds. The Bertz CT molecular complexity index is 507. The van der Waals surface area contributed by atoms with E-state index < -0.39 is 10.0 Å². The number of rotatable bonds is 4. The maximum absolute atomic E-state index is 12.1. The fourth-order valence-corrected chi connectivity index (χ4v) is 3.48. The maximum atomic E-state index is 12.1. The number of aryl methyl sites for hydroxylation is 1. The third kappa shape index (κ3) is 2.68. The standard InChI is InChI=1S/C12H18N2O2S/c1-9-7-10(8-13)5-6-12(9)17(15,16)14-11-3-2-4-11/h5-7,11,14H,2-4,8,13H2,1H3. The highest BCUT2D eigenvalue weighted by Crippen LogP contribution is 2.22. The topological polar surface area (TPSA) is 72.2 Å². The van der Waals surface area contributed by atoms with Crippen LogP contribution >= 0.6 is 0 Å². The molecule has 4 nitrogen and oxygen atoms in total. The van der Waals surface area contributed by atoms with E-state index in [0.29, 0.717) is 11.4 Å². The summed E-state index contributed by atoms with van der Waals surface area (Å²) in [5.74, 6) is 0. The van der Waals surface area contributed by atoms with Gasteiger partial charge in [-0.2, -0.15) is 0 Å². The van der Waals surface area contributed by atoms with Gasteiger partial charge in [-0.1, -0.05) is 18.6 Å². The number of hydrogen-bond acceptors (Lipinski definition) is 3. The van der Waals surface area contributed by atoms with Gasteiger partial charge in [-0.3, -0.25) is 0 Å². The quantitative estimate of drug-likeness (QED) is 0.850. The number of benzene rings is 1. The van der Waals surface area contributed by atoms with Crippen LogP contribution in [0.15, 0.2) is 23.1 Å². The lowest BCUT2D eigenvalue weighted by Gasteiger charge is -2.26. The monoisotopic (exact) mass is 254 g/mol. The van der Waals surface area contributed by atoms with E-state index in [2.05, 4.69) is 4.72 Å². The van der Waals surface area contributed by atoms with Crippen molar-refractivity contribution in [2.45, 2.75) is 43.7 Å². The first kappa shape index (κ1) is 12.5. The summed E-state index contributed by atoms with van der Waals surface area (Å²) in [6.07, 6.45) is 3.00. The number of hydrogen-bond donors (Lipinski definition) is 2. The lowest BCUT2D eigenvalue weighted by Crippen LogP contribution is -2.39. The summed E-state index contributed by atoms with van der Waals surface area (Å²) in [4.78, 5) is 0.363. The average molecular weight is 254 g/mol. The van der Waals surface area contributed by atoms with Gasteiger partial charge in [-0.15, -0.1) is 0 Å². The van der Waals surface area contributed by atoms with Crippen molar-refractivity contribution >= 4 is 10.0 Å². The Kier molecular flexibility index (Phi) is 3.51. The van der Waals surface area contributed by atoms with E-state index in [4.69, 9.17) is 5.73 Å². The molecule has 0 atom stereocenters. The van der Waals surface area contributed by atoms with Crippen molar-refractivity contribution in [1.29, 1.82) is 0 Å². The molecule has 0 spiro atoms. The molecule has 0 radical (unpaired) electrons. The summed E-state index contributed by atoms with van der Waals surface area (Å²) >= 11 is 0. The molecular formula is C12H18N2O2S. The minimum Gasteiger partial charge on any atom is -0.326 e. The van der Waals surface area contributed by atoms with Crippen molar-refractivity contribution < 1.29 is 8.42 Å². The predicted molar refractivity (Wildman–Crippen MR) is 67.0 cm³/mol. The molecule has 1 aliphatic rings. The molecule has 0 saturated heterocycles. The molecule has 94 valence electrons. The van der Waals surface area contributed by atoms with E-state index in [1.807, 2.05) is 6.07 Å². The van der Waals surface area contributed by atoms with Gasteiger partial charge in [-0.25, -0.2) is 13.1 Å². The van der Waals surface area contributed by atoms with Gasteiger partial charge in [0.25, 0.3) is 0 Å². The van der Waals surface area contributed by atoms with Crippen molar-refractivity contribution in [2.24, 2.45) is 5.73 Å². The molecule has 3 N–H and O–H groups in total. The number of sulfonamides is 1. The number of nitrogens with two attached hydrogens (primary N) is 1. The Morgan fingerprint density at radius 1 is 1.41 bits per heavy atom. The van der Waals surface area contributed by atoms with Gasteiger partial charge in [0.2, 0.25) is 10.0 Å². The van der Waals surface area contributed by atoms with Crippen molar-refractivity contribution in [3.63, 3.8) is 0 Å². The molecular weight excluding hydrogens is 236 g/mol. The number of nitrogens with one attached hydrogen (secondary N) is 1. The highest BCUT2D eigenvalue weighted by Gasteiger charge is 2.25. The minimum absolute atomic E-state index is 0.119. The van der Waals surface area contributed by atoms with Crippen LogP contribution in [0.2, 0.25) is 0 Å². The molecule has 1 fully saturated rings. The molecule has 0 unspecified atom stereocenters. The van der Waals surface area contributed by atoms with E-state index in [-0.39, 0.29) is 6.04 Å². The van der Waals surface area contributed by atoms with Gasteiger partial charge in [0.15, 0.2) is 0 Å². The molecule has 1 aliphatic carbocycles. The summed E-state index contributed by atoms with van der Waals surface area (Å²) in [5, 5.41) is 0. The van der Waals surface area contributed by atoms with E-state index in [9.17, 15) is 8.42 Å². The van der Waals surface area contributed by atoms with Crippen LogP contribution in [-0.2, 0) is 16.6 Å². The molecule has 17 heavy (non-hydrogen) atoms. The van der Waals surface area contributed by atoms with Crippen LogP contribution in [0, 0.1) is 6.92 Å². The molecule has 0 bridgehead atoms. The van der Waals surface area contributed by atoms with Gasteiger partial charge >= 0.3 is 0 Å². The summed E-state index contributed by atoms with van der Waals surface area (Å²) in [7, 11) is -3.37. The van der Waals surface area contributed by atoms with E-state index in [0.717, 1.165) is 30.4 Å². The molecule has 5 heteroatoms. The Hall–Kier alpha value is -0.910. The second-order valence-corrected chi connectivity index (χ2v) is 6.24. The highest BCUT2D eigenvalue weighted by atomic mass is 32.2. The summed E-state index contributed by atoms with van der Waals surface area (Å²) in [5.41, 5.74) is 7.22.